The monoisotopic (exact) mass is 518 g/mol. The minimum absolute atomic E-state index is 0.00362. The number of aromatic nitrogens is 2. The largest absolute Gasteiger partial charge is 0.491 e. The quantitative estimate of drug-likeness (QED) is 0.468. The first-order chi connectivity index (χ1) is 17.0. The van der Waals surface area contributed by atoms with Crippen LogP contribution in [0.4, 0.5) is 4.39 Å². The van der Waals surface area contributed by atoms with Crippen molar-refractivity contribution in [3.05, 3.63) is 54.0 Å². The zero-order valence-electron chi connectivity index (χ0n) is 20.0. The highest BCUT2D eigenvalue weighted by molar-refractivity contribution is 7.89. The van der Waals surface area contributed by atoms with Crippen LogP contribution in [0.2, 0.25) is 0 Å². The lowest BCUT2D eigenvalue weighted by Crippen LogP contribution is -2.44. The van der Waals surface area contributed by atoms with Crippen molar-refractivity contribution in [2.45, 2.75) is 49.8 Å². The molecule has 1 fully saturated rings. The molecule has 10 nitrogen and oxygen atoms in total. The summed E-state index contributed by atoms with van der Waals surface area (Å²) < 4.78 is 49.4. The first kappa shape index (κ1) is 25.6. The molecule has 0 radical (unpaired) electrons. The molecule has 2 aromatic carbocycles. The zero-order valence-corrected chi connectivity index (χ0v) is 20.8. The van der Waals surface area contributed by atoms with E-state index in [0.29, 0.717) is 16.7 Å². The Bertz CT molecular complexity index is 1400. The smallest absolute Gasteiger partial charge is 0.309 e. The molecule has 1 saturated heterocycles. The fourth-order valence-corrected chi connectivity index (χ4v) is 6.09. The van der Waals surface area contributed by atoms with E-state index in [1.54, 1.807) is 12.1 Å². The molecule has 0 unspecified atom stereocenters. The maximum absolute atomic E-state index is 14.1. The number of carbonyl (C=O) groups is 2. The van der Waals surface area contributed by atoms with E-state index in [1.807, 2.05) is 13.8 Å². The van der Waals surface area contributed by atoms with Gasteiger partial charge in [0.15, 0.2) is 0 Å². The predicted molar refractivity (Wildman–Crippen MR) is 129 cm³/mol. The summed E-state index contributed by atoms with van der Waals surface area (Å²) in [5.74, 6) is -1.62. The summed E-state index contributed by atoms with van der Waals surface area (Å²) in [7, 11) is -2.68. The molecule has 1 aliphatic heterocycles. The number of carboxylic acids is 1. The fourth-order valence-electron chi connectivity index (χ4n) is 4.46. The number of hydrogen-bond donors (Lipinski definition) is 2. The molecule has 36 heavy (non-hydrogen) atoms. The second-order valence-corrected chi connectivity index (χ2v) is 10.7. The van der Waals surface area contributed by atoms with Crippen LogP contribution >= 0.6 is 0 Å². The molecule has 0 saturated carbocycles. The number of fused-ring (bicyclic) bond motifs is 1. The van der Waals surface area contributed by atoms with Gasteiger partial charge in [-0.05, 0) is 62.7 Å². The van der Waals surface area contributed by atoms with Gasteiger partial charge in [-0.1, -0.05) is 0 Å². The van der Waals surface area contributed by atoms with Gasteiger partial charge in [0.2, 0.25) is 15.9 Å². The molecule has 2 heterocycles. The van der Waals surface area contributed by atoms with Gasteiger partial charge in [-0.3, -0.25) is 14.3 Å². The summed E-state index contributed by atoms with van der Waals surface area (Å²) in [6.45, 7) is 3.61. The number of ether oxygens (including phenoxy) is 1. The maximum Gasteiger partial charge on any atom is 0.309 e. The van der Waals surface area contributed by atoms with Crippen molar-refractivity contribution in [3.63, 3.8) is 0 Å². The second kappa shape index (κ2) is 9.86. The van der Waals surface area contributed by atoms with E-state index in [2.05, 4.69) is 10.4 Å². The van der Waals surface area contributed by atoms with Gasteiger partial charge in [0.25, 0.3) is 0 Å². The Balaban J connectivity index is 1.73. The predicted octanol–water partition coefficient (Wildman–Crippen LogP) is 2.34. The number of carboxylic acid groups (broad SMARTS) is 1. The molecular weight excluding hydrogens is 491 g/mol. The van der Waals surface area contributed by atoms with Gasteiger partial charge in [0, 0.05) is 19.0 Å². The molecule has 12 heteroatoms. The van der Waals surface area contributed by atoms with Crippen LogP contribution in [0.15, 0.2) is 47.4 Å². The van der Waals surface area contributed by atoms with Crippen LogP contribution in [0.5, 0.6) is 5.75 Å². The molecule has 1 aliphatic rings. The number of likely N-dealkylation sites (N-methyl/N-ethyl adjacent to an activating group) is 1. The lowest BCUT2D eigenvalue weighted by molar-refractivity contribution is -0.136. The Morgan fingerprint density at radius 1 is 1.22 bits per heavy atom. The third kappa shape index (κ3) is 4.91. The summed E-state index contributed by atoms with van der Waals surface area (Å²) >= 11 is 0. The van der Waals surface area contributed by atoms with E-state index >= 15 is 0 Å². The van der Waals surface area contributed by atoms with Gasteiger partial charge in [-0.15, -0.1) is 0 Å². The summed E-state index contributed by atoms with van der Waals surface area (Å²) in [5.41, 5.74) is 0.567. The van der Waals surface area contributed by atoms with Crippen molar-refractivity contribution in [1.29, 1.82) is 0 Å². The number of benzene rings is 2. The standard InChI is InChI=1S/C24H27FN4O6S/c1-14(2)35-17-5-7-18(8-6-17)36(33,34)28-13-16(11-22(28)24(32)26-3)29-21-10-15(25)4-9-19(21)20(27-29)12-23(30)31/h4-10,14,16,22H,11-13H2,1-3H3,(H,26,32)(H,30,31)/t16-,22+/m1/s1. The van der Waals surface area contributed by atoms with Crippen LogP contribution in [0.25, 0.3) is 10.9 Å². The van der Waals surface area contributed by atoms with E-state index in [-0.39, 0.29) is 36.1 Å². The Hall–Kier alpha value is -3.51. The van der Waals surface area contributed by atoms with Gasteiger partial charge in [-0.25, -0.2) is 12.8 Å². The minimum Gasteiger partial charge on any atom is -0.491 e. The average Bonchev–Trinajstić information content (AvgIpc) is 3.40. The fraction of sp³-hybridized carbons (Fsp3) is 0.375. The number of hydrogen-bond acceptors (Lipinski definition) is 6. The van der Waals surface area contributed by atoms with Crippen molar-refractivity contribution < 1.29 is 32.2 Å². The Kier molecular flexibility index (Phi) is 7.01. The Morgan fingerprint density at radius 3 is 2.53 bits per heavy atom. The van der Waals surface area contributed by atoms with Crippen molar-refractivity contribution >= 4 is 32.8 Å². The van der Waals surface area contributed by atoms with Crippen molar-refractivity contribution in [1.82, 2.24) is 19.4 Å². The highest BCUT2D eigenvalue weighted by Crippen LogP contribution is 2.35. The lowest BCUT2D eigenvalue weighted by atomic mass is 10.1. The van der Waals surface area contributed by atoms with Gasteiger partial charge in [0.05, 0.1) is 34.7 Å². The van der Waals surface area contributed by atoms with E-state index in [9.17, 15) is 27.5 Å². The summed E-state index contributed by atoms with van der Waals surface area (Å²) in [6.07, 6.45) is -0.384. The summed E-state index contributed by atoms with van der Waals surface area (Å²) in [6, 6.07) is 8.18. The van der Waals surface area contributed by atoms with Gasteiger partial charge in [-0.2, -0.15) is 9.40 Å². The molecule has 2 N–H and O–H groups in total. The molecular formula is C24H27FN4O6S. The van der Waals surface area contributed by atoms with Crippen LogP contribution in [-0.4, -0.2) is 65.2 Å². The van der Waals surface area contributed by atoms with E-state index < -0.39 is 39.8 Å². The molecule has 0 aliphatic carbocycles. The van der Waals surface area contributed by atoms with Crippen LogP contribution in [0.3, 0.4) is 0 Å². The van der Waals surface area contributed by atoms with Crippen LogP contribution < -0.4 is 10.1 Å². The Labute approximate surface area is 207 Å². The zero-order chi connectivity index (χ0) is 26.2. The number of aliphatic carboxylic acids is 1. The third-order valence-electron chi connectivity index (χ3n) is 6.00. The number of rotatable bonds is 8. The molecule has 1 aromatic heterocycles. The van der Waals surface area contributed by atoms with E-state index in [1.165, 1.54) is 42.1 Å². The van der Waals surface area contributed by atoms with E-state index in [4.69, 9.17) is 4.74 Å². The highest BCUT2D eigenvalue weighted by Gasteiger charge is 2.45. The van der Waals surface area contributed by atoms with Crippen LogP contribution in [0, 0.1) is 5.82 Å². The molecule has 2 atom stereocenters. The number of amides is 1. The first-order valence-corrected chi connectivity index (χ1v) is 12.8. The lowest BCUT2D eigenvalue weighted by Gasteiger charge is -2.22. The number of carbonyl (C=O) groups excluding carboxylic acids is 1. The van der Waals surface area contributed by atoms with Gasteiger partial charge >= 0.3 is 5.97 Å². The molecule has 0 spiro atoms. The SMILES string of the molecule is CNC(=O)[C@@H]1C[C@@H](n2nc(CC(=O)O)c3ccc(F)cc32)CN1S(=O)(=O)c1ccc(OC(C)C)cc1. The van der Waals surface area contributed by atoms with Crippen LogP contribution in [-0.2, 0) is 26.0 Å². The third-order valence-corrected chi connectivity index (χ3v) is 7.88. The normalized spacial score (nSPS) is 18.6. The topological polar surface area (TPSA) is 131 Å². The summed E-state index contributed by atoms with van der Waals surface area (Å²) in [4.78, 5) is 24.1. The molecule has 4 rings (SSSR count). The number of nitrogens with zero attached hydrogens (tertiary/aromatic N) is 3. The number of halogens is 1. The molecule has 1 amide bonds. The molecule has 3 aromatic rings. The van der Waals surface area contributed by atoms with E-state index in [0.717, 1.165) is 4.31 Å². The van der Waals surface area contributed by atoms with Gasteiger partial charge < -0.3 is 15.2 Å². The molecule has 192 valence electrons. The summed E-state index contributed by atoms with van der Waals surface area (Å²) in [5, 5.41) is 16.6. The first-order valence-electron chi connectivity index (χ1n) is 11.4. The maximum atomic E-state index is 14.1. The van der Waals surface area contributed by atoms with Crippen molar-refractivity contribution in [3.8, 4) is 5.75 Å². The second-order valence-electron chi connectivity index (χ2n) is 8.86. The van der Waals surface area contributed by atoms with Crippen molar-refractivity contribution in [2.24, 2.45) is 0 Å². The van der Waals surface area contributed by atoms with Crippen molar-refractivity contribution in [2.75, 3.05) is 13.6 Å². The average molecular weight is 519 g/mol. The highest BCUT2D eigenvalue weighted by atomic mass is 32.2. The number of nitrogens with one attached hydrogen (secondary N) is 1. The molecule has 0 bridgehead atoms. The minimum atomic E-state index is -4.10. The number of sulfonamides is 1. The van der Waals surface area contributed by atoms with Crippen LogP contribution in [0.1, 0.15) is 32.0 Å². The van der Waals surface area contributed by atoms with Gasteiger partial charge in [0.1, 0.15) is 17.6 Å². The Morgan fingerprint density at radius 2 is 1.92 bits per heavy atom.